The molecule has 2 amide bonds. The van der Waals surface area contributed by atoms with Gasteiger partial charge in [-0.05, 0) is 56.2 Å². The van der Waals surface area contributed by atoms with Crippen LogP contribution in [0.15, 0.2) is 90.0 Å². The Morgan fingerprint density at radius 1 is 0.941 bits per heavy atom. The van der Waals surface area contributed by atoms with E-state index in [-0.39, 0.29) is 18.2 Å². The topological polar surface area (TPSA) is 94.9 Å². The molecule has 6 heteroatoms. The molecule has 0 radical (unpaired) electrons. The number of benzene rings is 2. The molecule has 3 N–H and O–H groups in total. The van der Waals surface area contributed by atoms with E-state index in [1.165, 1.54) is 6.21 Å². The van der Waals surface area contributed by atoms with Gasteiger partial charge in [0.2, 0.25) is 5.91 Å². The molecule has 0 atom stereocenters. The van der Waals surface area contributed by atoms with Gasteiger partial charge in [-0.1, -0.05) is 54.6 Å². The van der Waals surface area contributed by atoms with Gasteiger partial charge in [0.05, 0.1) is 12.1 Å². The molecule has 172 valence electrons. The van der Waals surface area contributed by atoms with E-state index in [2.05, 4.69) is 15.6 Å². The second-order valence-electron chi connectivity index (χ2n) is 7.69. The van der Waals surface area contributed by atoms with Gasteiger partial charge in [0, 0.05) is 28.6 Å². The fraction of sp³-hybridized carbons (Fsp3) is 0.143. The van der Waals surface area contributed by atoms with Gasteiger partial charge in [0.15, 0.2) is 0 Å². The van der Waals surface area contributed by atoms with Gasteiger partial charge in [-0.3, -0.25) is 9.59 Å². The third-order valence-corrected chi connectivity index (χ3v) is 5.37. The maximum atomic E-state index is 12.7. The minimum atomic E-state index is -0.227. The van der Waals surface area contributed by atoms with E-state index in [0.717, 1.165) is 16.7 Å². The average molecular weight is 453 g/mol. The van der Waals surface area contributed by atoms with Crippen LogP contribution in [0.3, 0.4) is 0 Å². The van der Waals surface area contributed by atoms with E-state index in [9.17, 15) is 9.59 Å². The molecule has 0 aliphatic carbocycles. The number of carbonyl (C=O) groups is 2. The van der Waals surface area contributed by atoms with E-state index >= 15 is 0 Å². The highest BCUT2D eigenvalue weighted by atomic mass is 16.2. The summed E-state index contributed by atoms with van der Waals surface area (Å²) in [6.07, 6.45) is 5.11. The first-order valence-corrected chi connectivity index (χ1v) is 11.0. The number of nitrogens with one attached hydrogen (secondary N) is 3. The van der Waals surface area contributed by atoms with Gasteiger partial charge in [0.25, 0.3) is 5.91 Å². The van der Waals surface area contributed by atoms with E-state index < -0.39 is 0 Å². The lowest BCUT2D eigenvalue weighted by Crippen LogP contribution is -2.16. The van der Waals surface area contributed by atoms with Crippen molar-refractivity contribution in [2.24, 2.45) is 0 Å². The average Bonchev–Trinajstić information content (AvgIpc) is 2.85. The second kappa shape index (κ2) is 11.5. The molecule has 0 aliphatic rings. The number of carbonyl (C=O) groups excluding carboxylic acids is 2. The monoisotopic (exact) mass is 452 g/mol. The molecular formula is C28H28N4O2. The number of pyridine rings is 1. The number of anilines is 2. The van der Waals surface area contributed by atoms with Crippen LogP contribution >= 0.6 is 0 Å². The predicted molar refractivity (Wildman–Crippen MR) is 138 cm³/mol. The summed E-state index contributed by atoms with van der Waals surface area (Å²) in [6, 6.07) is 20.3. The van der Waals surface area contributed by atoms with E-state index in [0.29, 0.717) is 28.3 Å². The summed E-state index contributed by atoms with van der Waals surface area (Å²) in [6.45, 7) is 5.59. The van der Waals surface area contributed by atoms with Crippen LogP contribution in [0.2, 0.25) is 0 Å². The zero-order valence-electron chi connectivity index (χ0n) is 19.6. The van der Waals surface area contributed by atoms with Crippen molar-refractivity contribution >= 4 is 29.5 Å². The summed E-state index contributed by atoms with van der Waals surface area (Å²) in [5, 5.41) is 13.6. The summed E-state index contributed by atoms with van der Waals surface area (Å²) in [4.78, 5) is 29.7. The van der Waals surface area contributed by atoms with Crippen molar-refractivity contribution in [1.29, 1.82) is 5.41 Å². The minimum absolute atomic E-state index is 0.148. The lowest BCUT2D eigenvalue weighted by Gasteiger charge is -2.13. The Morgan fingerprint density at radius 3 is 2.38 bits per heavy atom. The lowest BCUT2D eigenvalue weighted by molar-refractivity contribution is -0.115. The third-order valence-electron chi connectivity index (χ3n) is 5.37. The Kier molecular flexibility index (Phi) is 8.24. The standard InChI is InChI=1S/C28H28N4O2/c1-4-19(3)23(5-2)28(34)31-25-15-14-21(17-22(25)18-29)24-12-9-13-26(30-24)32-27(33)16-20-10-7-6-8-11-20/h4-15,17-18,29H,16H2,1-3H3,(H,31,34)(H,30,32,33)/b19-4-,23-5+,29-18?. The van der Waals surface area contributed by atoms with Crippen molar-refractivity contribution in [3.8, 4) is 11.3 Å². The quantitative estimate of drug-likeness (QED) is 0.230. The molecular weight excluding hydrogens is 424 g/mol. The first kappa shape index (κ1) is 24.3. The van der Waals surface area contributed by atoms with Crippen molar-refractivity contribution in [3.05, 3.63) is 101 Å². The number of rotatable bonds is 8. The van der Waals surface area contributed by atoms with Crippen molar-refractivity contribution < 1.29 is 9.59 Å². The van der Waals surface area contributed by atoms with Crippen molar-refractivity contribution in [2.75, 3.05) is 10.6 Å². The molecule has 34 heavy (non-hydrogen) atoms. The van der Waals surface area contributed by atoms with Crippen molar-refractivity contribution in [3.63, 3.8) is 0 Å². The fourth-order valence-corrected chi connectivity index (χ4v) is 3.47. The maximum Gasteiger partial charge on any atom is 0.255 e. The highest BCUT2D eigenvalue weighted by Gasteiger charge is 2.13. The van der Waals surface area contributed by atoms with Crippen LogP contribution in [0.25, 0.3) is 11.3 Å². The molecule has 0 aliphatic heterocycles. The van der Waals surface area contributed by atoms with E-state index in [4.69, 9.17) is 5.41 Å². The Labute approximate surface area is 200 Å². The van der Waals surface area contributed by atoms with Gasteiger partial charge in [-0.25, -0.2) is 4.98 Å². The Morgan fingerprint density at radius 2 is 1.71 bits per heavy atom. The van der Waals surface area contributed by atoms with E-state index in [1.807, 2.05) is 75.4 Å². The van der Waals surface area contributed by atoms with Gasteiger partial charge in [0.1, 0.15) is 5.82 Å². The molecule has 3 rings (SSSR count). The predicted octanol–water partition coefficient (Wildman–Crippen LogP) is 5.78. The third kappa shape index (κ3) is 6.13. The van der Waals surface area contributed by atoms with Gasteiger partial charge in [-0.2, -0.15) is 0 Å². The molecule has 0 spiro atoms. The van der Waals surface area contributed by atoms with Crippen LogP contribution in [-0.4, -0.2) is 23.0 Å². The van der Waals surface area contributed by atoms with Gasteiger partial charge >= 0.3 is 0 Å². The first-order valence-electron chi connectivity index (χ1n) is 11.0. The Bertz CT molecular complexity index is 1260. The largest absolute Gasteiger partial charge is 0.321 e. The molecule has 1 aromatic heterocycles. The van der Waals surface area contributed by atoms with Crippen LogP contribution in [0.4, 0.5) is 11.5 Å². The summed E-state index contributed by atoms with van der Waals surface area (Å²) in [5.41, 5.74) is 4.91. The Hall–Kier alpha value is -4.32. The number of allylic oxidation sites excluding steroid dienone is 2. The molecule has 0 saturated carbocycles. The van der Waals surface area contributed by atoms with Crippen LogP contribution < -0.4 is 10.6 Å². The normalized spacial score (nSPS) is 11.6. The molecule has 2 aromatic carbocycles. The molecule has 0 bridgehead atoms. The Balaban J connectivity index is 1.78. The maximum absolute atomic E-state index is 12.7. The summed E-state index contributed by atoms with van der Waals surface area (Å²) in [7, 11) is 0. The number of amides is 2. The smallest absolute Gasteiger partial charge is 0.255 e. The summed E-state index contributed by atoms with van der Waals surface area (Å²) < 4.78 is 0. The first-order chi connectivity index (χ1) is 16.4. The highest BCUT2D eigenvalue weighted by molar-refractivity contribution is 6.08. The van der Waals surface area contributed by atoms with Crippen LogP contribution in [0.1, 0.15) is 31.9 Å². The van der Waals surface area contributed by atoms with Crippen molar-refractivity contribution in [1.82, 2.24) is 4.98 Å². The zero-order chi connectivity index (χ0) is 24.5. The van der Waals surface area contributed by atoms with Crippen LogP contribution in [0, 0.1) is 5.41 Å². The van der Waals surface area contributed by atoms with Crippen LogP contribution in [-0.2, 0) is 16.0 Å². The minimum Gasteiger partial charge on any atom is -0.321 e. The second-order valence-corrected chi connectivity index (χ2v) is 7.69. The molecule has 3 aromatic rings. The molecule has 6 nitrogen and oxygen atoms in total. The SMILES string of the molecule is C/C=C(C)\C(=C/C)C(=O)Nc1ccc(-c2cccc(NC(=O)Cc3ccccc3)n2)cc1C=N. The van der Waals surface area contributed by atoms with E-state index in [1.54, 1.807) is 24.3 Å². The van der Waals surface area contributed by atoms with Crippen LogP contribution in [0.5, 0.6) is 0 Å². The summed E-state index contributed by atoms with van der Waals surface area (Å²) in [5.74, 6) is 0.0762. The highest BCUT2D eigenvalue weighted by Crippen LogP contribution is 2.25. The lowest BCUT2D eigenvalue weighted by atomic mass is 10.0. The summed E-state index contributed by atoms with van der Waals surface area (Å²) >= 11 is 0. The number of hydrogen-bond acceptors (Lipinski definition) is 4. The number of nitrogens with zero attached hydrogens (tertiary/aromatic N) is 1. The fourth-order valence-electron chi connectivity index (χ4n) is 3.47. The molecule has 0 fully saturated rings. The van der Waals surface area contributed by atoms with Gasteiger partial charge < -0.3 is 16.0 Å². The zero-order valence-corrected chi connectivity index (χ0v) is 19.6. The molecule has 0 saturated heterocycles. The van der Waals surface area contributed by atoms with Gasteiger partial charge in [-0.15, -0.1) is 0 Å². The number of hydrogen-bond donors (Lipinski definition) is 3. The number of aromatic nitrogens is 1. The molecule has 1 heterocycles. The van der Waals surface area contributed by atoms with Crippen molar-refractivity contribution in [2.45, 2.75) is 27.2 Å². The molecule has 0 unspecified atom stereocenters.